The highest BCUT2D eigenvalue weighted by atomic mass is 16.5. The minimum absolute atomic E-state index is 0.107. The summed E-state index contributed by atoms with van der Waals surface area (Å²) in [6.07, 6.45) is 3.48. The van der Waals surface area contributed by atoms with Crippen LogP contribution < -0.4 is 5.32 Å². The van der Waals surface area contributed by atoms with Crippen molar-refractivity contribution in [2.24, 2.45) is 0 Å². The van der Waals surface area contributed by atoms with Gasteiger partial charge in [-0.05, 0) is 31.9 Å². The molecule has 1 unspecified atom stereocenters. The molecule has 2 rings (SSSR count). The molecule has 1 aromatic carbocycles. The Labute approximate surface area is 128 Å². The number of nitrogens with zero attached hydrogens (tertiary/aromatic N) is 1. The van der Waals surface area contributed by atoms with E-state index in [-0.39, 0.29) is 12.1 Å². The van der Waals surface area contributed by atoms with Crippen molar-refractivity contribution in [3.8, 4) is 0 Å². The molecule has 0 radical (unpaired) electrons. The number of methoxy groups -OCH3 is 1. The molecule has 0 aliphatic heterocycles. The Bertz CT molecular complexity index is 403. The average Bonchev–Trinajstić information content (AvgIpc) is 3.37. The zero-order valence-electron chi connectivity index (χ0n) is 13.2. The van der Waals surface area contributed by atoms with Crippen LogP contribution in [0.2, 0.25) is 0 Å². The van der Waals surface area contributed by atoms with Crippen molar-refractivity contribution >= 4 is 0 Å². The Morgan fingerprint density at radius 1 is 1.29 bits per heavy atom. The molecule has 0 amide bonds. The van der Waals surface area contributed by atoms with Crippen molar-refractivity contribution < 1.29 is 9.84 Å². The van der Waals surface area contributed by atoms with Crippen molar-refractivity contribution in [3.05, 3.63) is 35.9 Å². The van der Waals surface area contributed by atoms with E-state index in [9.17, 15) is 5.11 Å². The van der Waals surface area contributed by atoms with Gasteiger partial charge in [0.2, 0.25) is 0 Å². The summed E-state index contributed by atoms with van der Waals surface area (Å²) in [6.45, 7) is 2.83. The third kappa shape index (κ3) is 4.27. The molecule has 2 N–H and O–H groups in total. The van der Waals surface area contributed by atoms with Gasteiger partial charge in [0.15, 0.2) is 0 Å². The summed E-state index contributed by atoms with van der Waals surface area (Å²) in [5, 5.41) is 13.3. The topological polar surface area (TPSA) is 44.7 Å². The molecule has 0 bridgehead atoms. The molecule has 21 heavy (non-hydrogen) atoms. The van der Waals surface area contributed by atoms with E-state index in [1.165, 1.54) is 12.8 Å². The fourth-order valence-electron chi connectivity index (χ4n) is 2.88. The number of aliphatic hydroxyl groups excluding tert-OH is 1. The predicted octanol–water partition coefficient (Wildman–Crippen LogP) is 1.59. The predicted molar refractivity (Wildman–Crippen MR) is 85.4 cm³/mol. The Hall–Kier alpha value is -0.940. The highest BCUT2D eigenvalue weighted by Gasteiger charge is 2.33. The largest absolute Gasteiger partial charge is 0.394 e. The first-order valence-electron chi connectivity index (χ1n) is 7.84. The minimum atomic E-state index is -0.360. The van der Waals surface area contributed by atoms with Crippen LogP contribution in [0.1, 0.15) is 24.8 Å². The summed E-state index contributed by atoms with van der Waals surface area (Å²) in [7, 11) is 3.68. The molecule has 0 spiro atoms. The van der Waals surface area contributed by atoms with E-state index in [0.29, 0.717) is 6.04 Å². The number of rotatable bonds is 10. The fraction of sp³-hybridized carbons (Fsp3) is 0.647. The van der Waals surface area contributed by atoms with Crippen molar-refractivity contribution in [3.63, 3.8) is 0 Å². The van der Waals surface area contributed by atoms with E-state index < -0.39 is 0 Å². The van der Waals surface area contributed by atoms with E-state index >= 15 is 0 Å². The highest BCUT2D eigenvalue weighted by molar-refractivity contribution is 5.24. The zero-order chi connectivity index (χ0) is 15.1. The monoisotopic (exact) mass is 292 g/mol. The first-order valence-corrected chi connectivity index (χ1v) is 7.84. The first kappa shape index (κ1) is 16.4. The van der Waals surface area contributed by atoms with E-state index in [2.05, 4.69) is 22.3 Å². The molecule has 1 fully saturated rings. The van der Waals surface area contributed by atoms with Crippen LogP contribution in [0, 0.1) is 0 Å². The van der Waals surface area contributed by atoms with Gasteiger partial charge in [0.25, 0.3) is 0 Å². The van der Waals surface area contributed by atoms with Crippen LogP contribution in [0.5, 0.6) is 0 Å². The fourth-order valence-corrected chi connectivity index (χ4v) is 2.88. The van der Waals surface area contributed by atoms with Gasteiger partial charge in [-0.25, -0.2) is 0 Å². The second-order valence-corrected chi connectivity index (χ2v) is 5.87. The molecule has 0 heterocycles. The third-order valence-electron chi connectivity index (χ3n) is 4.55. The van der Waals surface area contributed by atoms with Crippen LogP contribution in [0.25, 0.3) is 0 Å². The number of hydrogen-bond acceptors (Lipinski definition) is 4. The van der Waals surface area contributed by atoms with E-state index in [1.807, 2.05) is 25.2 Å². The lowest BCUT2D eigenvalue weighted by atomic mass is 9.87. The SMILES string of the molecule is CNC(CO)(CCN(CCOC)C1CC1)c1ccccc1. The summed E-state index contributed by atoms with van der Waals surface area (Å²) in [5.74, 6) is 0. The van der Waals surface area contributed by atoms with Crippen LogP contribution in [0.4, 0.5) is 0 Å². The zero-order valence-corrected chi connectivity index (χ0v) is 13.2. The second-order valence-electron chi connectivity index (χ2n) is 5.87. The maximum atomic E-state index is 9.97. The van der Waals surface area contributed by atoms with Crippen LogP contribution in [0.3, 0.4) is 0 Å². The lowest BCUT2D eigenvalue weighted by molar-refractivity contribution is 0.113. The van der Waals surface area contributed by atoms with Gasteiger partial charge in [-0.3, -0.25) is 4.90 Å². The van der Waals surface area contributed by atoms with Crippen LogP contribution in [0.15, 0.2) is 30.3 Å². The number of aliphatic hydroxyl groups is 1. The van der Waals surface area contributed by atoms with Crippen molar-refractivity contribution in [2.75, 3.05) is 40.5 Å². The van der Waals surface area contributed by atoms with Gasteiger partial charge in [0, 0.05) is 26.2 Å². The number of benzene rings is 1. The van der Waals surface area contributed by atoms with Crippen molar-refractivity contribution in [1.82, 2.24) is 10.2 Å². The quantitative estimate of drug-likeness (QED) is 0.687. The molecular formula is C17H28N2O2. The van der Waals surface area contributed by atoms with Gasteiger partial charge in [-0.2, -0.15) is 0 Å². The maximum absolute atomic E-state index is 9.97. The maximum Gasteiger partial charge on any atom is 0.0678 e. The van der Waals surface area contributed by atoms with Gasteiger partial charge in [0.1, 0.15) is 0 Å². The number of ether oxygens (including phenoxy) is 1. The Morgan fingerprint density at radius 2 is 2.00 bits per heavy atom. The molecule has 4 heteroatoms. The average molecular weight is 292 g/mol. The van der Waals surface area contributed by atoms with Gasteiger partial charge >= 0.3 is 0 Å². The van der Waals surface area contributed by atoms with Crippen LogP contribution >= 0.6 is 0 Å². The summed E-state index contributed by atoms with van der Waals surface area (Å²) >= 11 is 0. The van der Waals surface area contributed by atoms with Gasteiger partial charge in [-0.15, -0.1) is 0 Å². The molecule has 1 atom stereocenters. The molecule has 0 saturated heterocycles. The van der Waals surface area contributed by atoms with Gasteiger partial charge in [0.05, 0.1) is 18.8 Å². The van der Waals surface area contributed by atoms with Crippen LogP contribution in [-0.2, 0) is 10.3 Å². The molecule has 1 saturated carbocycles. The van der Waals surface area contributed by atoms with Crippen LogP contribution in [-0.4, -0.2) is 56.5 Å². The third-order valence-corrected chi connectivity index (χ3v) is 4.55. The van der Waals surface area contributed by atoms with E-state index in [0.717, 1.165) is 31.7 Å². The summed E-state index contributed by atoms with van der Waals surface area (Å²) in [4.78, 5) is 2.49. The normalized spacial score (nSPS) is 17.9. The van der Waals surface area contributed by atoms with E-state index in [1.54, 1.807) is 7.11 Å². The number of nitrogens with one attached hydrogen (secondary N) is 1. The smallest absolute Gasteiger partial charge is 0.0678 e. The minimum Gasteiger partial charge on any atom is -0.394 e. The standard InChI is InChI=1S/C17H28N2O2/c1-18-17(14-20,15-6-4-3-5-7-15)10-11-19(12-13-21-2)16-8-9-16/h3-7,16,18,20H,8-14H2,1-2H3. The second kappa shape index (κ2) is 7.90. The summed E-state index contributed by atoms with van der Waals surface area (Å²) < 4.78 is 5.21. The lowest BCUT2D eigenvalue weighted by Crippen LogP contribution is -2.46. The Balaban J connectivity index is 2.01. The molecular weight excluding hydrogens is 264 g/mol. The number of hydrogen-bond donors (Lipinski definition) is 2. The molecule has 1 aliphatic carbocycles. The summed E-state index contributed by atoms with van der Waals surface area (Å²) in [5.41, 5.74) is 0.791. The molecule has 1 aromatic rings. The molecule has 0 aromatic heterocycles. The Kier molecular flexibility index (Phi) is 6.18. The highest BCUT2D eigenvalue weighted by Crippen LogP contribution is 2.30. The van der Waals surface area contributed by atoms with Crippen molar-refractivity contribution in [2.45, 2.75) is 30.8 Å². The van der Waals surface area contributed by atoms with Gasteiger partial charge in [-0.1, -0.05) is 30.3 Å². The Morgan fingerprint density at radius 3 is 2.52 bits per heavy atom. The van der Waals surface area contributed by atoms with Gasteiger partial charge < -0.3 is 15.2 Å². The lowest BCUT2D eigenvalue weighted by Gasteiger charge is -2.35. The first-order chi connectivity index (χ1) is 10.3. The van der Waals surface area contributed by atoms with E-state index in [4.69, 9.17) is 4.74 Å². The molecule has 1 aliphatic rings. The molecule has 118 valence electrons. The van der Waals surface area contributed by atoms with Crippen molar-refractivity contribution in [1.29, 1.82) is 0 Å². The summed E-state index contributed by atoms with van der Waals surface area (Å²) in [6, 6.07) is 11.0. The number of likely N-dealkylation sites (N-methyl/N-ethyl adjacent to an activating group) is 1. The molecule has 4 nitrogen and oxygen atoms in total.